The van der Waals surface area contributed by atoms with E-state index in [1.54, 1.807) is 36.4 Å². The lowest BCUT2D eigenvalue weighted by atomic mass is 10.0. The van der Waals surface area contributed by atoms with Crippen LogP contribution in [0.5, 0.6) is 0 Å². The first-order valence-corrected chi connectivity index (χ1v) is 10.5. The first kappa shape index (κ1) is 20.0. The van der Waals surface area contributed by atoms with Crippen LogP contribution in [-0.2, 0) is 21.2 Å². The Labute approximate surface area is 163 Å². The molecule has 1 aliphatic heterocycles. The summed E-state index contributed by atoms with van der Waals surface area (Å²) in [7, 11) is -3.66. The fourth-order valence-electron chi connectivity index (χ4n) is 3.01. The lowest BCUT2D eigenvalue weighted by molar-refractivity contribution is -0.123. The molecule has 2 aromatic rings. The van der Waals surface area contributed by atoms with E-state index in [1.807, 2.05) is 13.8 Å². The number of nitrogens with zero attached hydrogens (tertiary/aromatic N) is 1. The van der Waals surface area contributed by atoms with E-state index < -0.39 is 16.1 Å². The van der Waals surface area contributed by atoms with Crippen LogP contribution in [-0.4, -0.2) is 32.7 Å². The van der Waals surface area contributed by atoms with E-state index in [-0.39, 0.29) is 34.9 Å². The van der Waals surface area contributed by atoms with E-state index >= 15 is 0 Å². The topological polar surface area (TPSA) is 87.6 Å². The molecule has 8 heteroatoms. The molecular formula is C20H22FN3O3S. The van der Waals surface area contributed by atoms with E-state index in [4.69, 9.17) is 0 Å². The summed E-state index contributed by atoms with van der Waals surface area (Å²) in [6.45, 7) is 3.93. The second-order valence-corrected chi connectivity index (χ2v) is 8.55. The standard InChI is InChI=1S/C20H22FN3O3S/c1-13(2)18(20(25)22-12-11-14-7-3-5-9-16(14)21)23-19-15-8-4-6-10-17(15)28(26,27)24-19/h3-10,13,18H,11-12H2,1-2H3,(H,22,25)(H,23,24)/t18-/m1/s1. The second kappa shape index (κ2) is 8.10. The van der Waals surface area contributed by atoms with E-state index in [0.717, 1.165) is 0 Å². The Bertz CT molecular complexity index is 1020. The summed E-state index contributed by atoms with van der Waals surface area (Å²) in [6.07, 6.45) is 0.356. The molecule has 0 aromatic heterocycles. The summed E-state index contributed by atoms with van der Waals surface area (Å²) >= 11 is 0. The van der Waals surface area contributed by atoms with Crippen LogP contribution in [0.25, 0.3) is 0 Å². The van der Waals surface area contributed by atoms with Crippen LogP contribution in [0.3, 0.4) is 0 Å². The highest BCUT2D eigenvalue weighted by atomic mass is 32.2. The molecule has 2 aromatic carbocycles. The van der Waals surface area contributed by atoms with Crippen molar-refractivity contribution < 1.29 is 17.6 Å². The monoisotopic (exact) mass is 403 g/mol. The Morgan fingerprint density at radius 3 is 2.54 bits per heavy atom. The Kier molecular flexibility index (Phi) is 5.79. The average Bonchev–Trinajstić information content (AvgIpc) is 2.91. The van der Waals surface area contributed by atoms with Crippen LogP contribution in [0.4, 0.5) is 4.39 Å². The van der Waals surface area contributed by atoms with E-state index in [1.165, 1.54) is 12.1 Å². The number of sulfonamides is 1. The van der Waals surface area contributed by atoms with Gasteiger partial charge in [0, 0.05) is 12.1 Å². The molecule has 6 nitrogen and oxygen atoms in total. The zero-order valence-electron chi connectivity index (χ0n) is 15.6. The van der Waals surface area contributed by atoms with Crippen LogP contribution in [0.15, 0.2) is 58.4 Å². The first-order valence-electron chi connectivity index (χ1n) is 9.01. The minimum absolute atomic E-state index is 0.149. The molecule has 0 fully saturated rings. The molecule has 148 valence electrons. The van der Waals surface area contributed by atoms with Crippen molar-refractivity contribution in [2.24, 2.45) is 10.9 Å². The molecule has 1 heterocycles. The van der Waals surface area contributed by atoms with Crippen LogP contribution >= 0.6 is 0 Å². The van der Waals surface area contributed by atoms with Gasteiger partial charge in [0.25, 0.3) is 10.0 Å². The predicted octanol–water partition coefficient (Wildman–Crippen LogP) is 2.25. The number of halogens is 1. The number of aliphatic imine (C=N–C) groups is 1. The van der Waals surface area contributed by atoms with Crippen LogP contribution in [0.2, 0.25) is 0 Å². The molecule has 3 rings (SSSR count). The number of amides is 1. The largest absolute Gasteiger partial charge is 0.354 e. The highest BCUT2D eigenvalue weighted by Crippen LogP contribution is 2.23. The minimum atomic E-state index is -3.66. The van der Waals surface area contributed by atoms with Crippen LogP contribution in [0.1, 0.15) is 25.0 Å². The maximum absolute atomic E-state index is 13.7. The van der Waals surface area contributed by atoms with Gasteiger partial charge in [0.05, 0.1) is 4.90 Å². The Balaban J connectivity index is 1.74. The van der Waals surface area contributed by atoms with Crippen molar-refractivity contribution in [3.05, 3.63) is 65.5 Å². The molecule has 0 aliphatic carbocycles. The second-order valence-electron chi connectivity index (χ2n) is 6.90. The summed E-state index contributed by atoms with van der Waals surface area (Å²) in [5.74, 6) is -0.631. The average molecular weight is 403 g/mol. The van der Waals surface area contributed by atoms with Crippen molar-refractivity contribution in [2.75, 3.05) is 6.54 Å². The summed E-state index contributed by atoms with van der Waals surface area (Å²) in [5, 5.41) is 2.77. The third kappa shape index (κ3) is 4.22. The lowest BCUT2D eigenvalue weighted by Crippen LogP contribution is -2.39. The van der Waals surface area contributed by atoms with Crippen molar-refractivity contribution >= 4 is 21.8 Å². The number of carbonyl (C=O) groups is 1. The number of hydrogen-bond donors (Lipinski definition) is 2. The maximum Gasteiger partial charge on any atom is 0.263 e. The number of fused-ring (bicyclic) bond motifs is 1. The Morgan fingerprint density at radius 1 is 1.14 bits per heavy atom. The van der Waals surface area contributed by atoms with Crippen molar-refractivity contribution in [1.82, 2.24) is 10.0 Å². The Morgan fingerprint density at radius 2 is 1.82 bits per heavy atom. The van der Waals surface area contributed by atoms with Gasteiger partial charge in [-0.1, -0.05) is 44.2 Å². The third-order valence-corrected chi connectivity index (χ3v) is 5.88. The lowest BCUT2D eigenvalue weighted by Gasteiger charge is -2.17. The van der Waals surface area contributed by atoms with Gasteiger partial charge in [-0.2, -0.15) is 0 Å². The normalized spacial score (nSPS) is 17.2. The number of carbonyl (C=O) groups excluding carboxylic acids is 1. The summed E-state index contributed by atoms with van der Waals surface area (Å²) in [4.78, 5) is 17.2. The van der Waals surface area contributed by atoms with Gasteiger partial charge in [-0.25, -0.2) is 12.8 Å². The number of benzene rings is 2. The molecule has 0 saturated heterocycles. The summed E-state index contributed by atoms with van der Waals surface area (Å²) in [5.41, 5.74) is 0.972. The molecule has 0 saturated carbocycles. The molecule has 0 radical (unpaired) electrons. The molecule has 2 N–H and O–H groups in total. The maximum atomic E-state index is 13.7. The smallest absolute Gasteiger partial charge is 0.263 e. The van der Waals surface area contributed by atoms with Crippen LogP contribution < -0.4 is 10.0 Å². The number of rotatable bonds is 6. The molecule has 1 atom stereocenters. The molecule has 0 spiro atoms. The van der Waals surface area contributed by atoms with E-state index in [2.05, 4.69) is 15.0 Å². The summed E-state index contributed by atoms with van der Waals surface area (Å²) < 4.78 is 40.5. The fourth-order valence-corrected chi connectivity index (χ4v) is 4.24. The highest BCUT2D eigenvalue weighted by molar-refractivity contribution is 7.90. The van der Waals surface area contributed by atoms with Crippen LogP contribution in [0, 0.1) is 11.7 Å². The van der Waals surface area contributed by atoms with Gasteiger partial charge in [-0.15, -0.1) is 0 Å². The SMILES string of the molecule is CC(C)[C@@H](N=C1NS(=O)(=O)c2ccccc21)C(=O)NCCc1ccccc1F. The zero-order chi connectivity index (χ0) is 20.3. The van der Waals surface area contributed by atoms with Crippen molar-refractivity contribution in [2.45, 2.75) is 31.2 Å². The van der Waals surface area contributed by atoms with Gasteiger partial charge in [0.1, 0.15) is 17.7 Å². The first-order chi connectivity index (χ1) is 13.3. The fraction of sp³-hybridized carbons (Fsp3) is 0.300. The predicted molar refractivity (Wildman–Crippen MR) is 105 cm³/mol. The highest BCUT2D eigenvalue weighted by Gasteiger charge is 2.32. The number of hydrogen-bond acceptors (Lipinski definition) is 4. The molecular weight excluding hydrogens is 381 g/mol. The molecule has 1 amide bonds. The van der Waals surface area contributed by atoms with Gasteiger partial charge in [0.15, 0.2) is 0 Å². The quantitative estimate of drug-likeness (QED) is 0.776. The number of amidine groups is 1. The molecule has 28 heavy (non-hydrogen) atoms. The molecule has 0 unspecified atom stereocenters. The van der Waals surface area contributed by atoms with Gasteiger partial charge >= 0.3 is 0 Å². The summed E-state index contributed by atoms with van der Waals surface area (Å²) in [6, 6.07) is 12.1. The van der Waals surface area contributed by atoms with Crippen molar-refractivity contribution in [3.8, 4) is 0 Å². The van der Waals surface area contributed by atoms with Gasteiger partial charge in [0.2, 0.25) is 5.91 Å². The third-order valence-electron chi connectivity index (χ3n) is 4.48. The van der Waals surface area contributed by atoms with Gasteiger partial charge < -0.3 is 5.32 Å². The molecule has 0 bridgehead atoms. The number of nitrogens with one attached hydrogen (secondary N) is 2. The van der Waals surface area contributed by atoms with Gasteiger partial charge in [-0.3, -0.25) is 14.5 Å². The van der Waals surface area contributed by atoms with E-state index in [0.29, 0.717) is 17.5 Å². The Hall–Kier alpha value is -2.74. The van der Waals surface area contributed by atoms with Gasteiger partial charge in [-0.05, 0) is 36.1 Å². The zero-order valence-corrected chi connectivity index (χ0v) is 16.5. The molecule has 1 aliphatic rings. The van der Waals surface area contributed by atoms with Crippen molar-refractivity contribution in [3.63, 3.8) is 0 Å². The van der Waals surface area contributed by atoms with E-state index in [9.17, 15) is 17.6 Å². The minimum Gasteiger partial charge on any atom is -0.354 e. The van der Waals surface area contributed by atoms with Crippen molar-refractivity contribution in [1.29, 1.82) is 0 Å².